The van der Waals surface area contributed by atoms with Crippen molar-refractivity contribution in [3.05, 3.63) is 0 Å². The summed E-state index contributed by atoms with van der Waals surface area (Å²) in [5.74, 6) is -0.608. The topological polar surface area (TPSA) is 87.7 Å². The molecule has 0 saturated carbocycles. The Morgan fingerprint density at radius 2 is 2.00 bits per heavy atom. The first kappa shape index (κ1) is 17.9. The van der Waals surface area contributed by atoms with E-state index in [1.54, 1.807) is 6.92 Å². The van der Waals surface area contributed by atoms with Crippen molar-refractivity contribution in [1.29, 1.82) is 0 Å². The molecule has 6 heteroatoms. The number of amides is 1. The third kappa shape index (κ3) is 8.56. The van der Waals surface area contributed by atoms with Crippen molar-refractivity contribution in [2.45, 2.75) is 52.1 Å². The third-order valence-electron chi connectivity index (χ3n) is 2.71. The highest BCUT2D eigenvalue weighted by Gasteiger charge is 2.22. The van der Waals surface area contributed by atoms with Crippen LogP contribution in [0.25, 0.3) is 0 Å². The fraction of sp³-hybridized carbons (Fsp3) is 0.846. The quantitative estimate of drug-likeness (QED) is 0.391. The van der Waals surface area contributed by atoms with E-state index in [0.717, 1.165) is 6.42 Å². The van der Waals surface area contributed by atoms with Crippen LogP contribution in [-0.4, -0.2) is 48.8 Å². The van der Waals surface area contributed by atoms with Gasteiger partial charge in [0.2, 0.25) is 5.91 Å². The minimum Gasteiger partial charge on any atom is -0.465 e. The van der Waals surface area contributed by atoms with Crippen molar-refractivity contribution in [3.8, 4) is 0 Å². The number of esters is 1. The Labute approximate surface area is 114 Å². The zero-order chi connectivity index (χ0) is 14.7. The second-order valence-corrected chi connectivity index (χ2v) is 4.42. The highest BCUT2D eigenvalue weighted by Crippen LogP contribution is 1.99. The lowest BCUT2D eigenvalue weighted by molar-refractivity contribution is -0.147. The lowest BCUT2D eigenvalue weighted by Gasteiger charge is -2.18. The molecule has 0 heterocycles. The van der Waals surface area contributed by atoms with Crippen molar-refractivity contribution in [1.82, 2.24) is 10.6 Å². The normalized spacial score (nSPS) is 13.7. The average Bonchev–Trinajstić information content (AvgIpc) is 2.37. The molecule has 0 aliphatic heterocycles. The van der Waals surface area contributed by atoms with Gasteiger partial charge in [-0.15, -0.1) is 0 Å². The number of nitrogens with one attached hydrogen (secondary N) is 2. The summed E-state index contributed by atoms with van der Waals surface area (Å²) in [6.45, 7) is 6.41. The summed E-state index contributed by atoms with van der Waals surface area (Å²) in [7, 11) is 0. The van der Waals surface area contributed by atoms with Gasteiger partial charge < -0.3 is 20.5 Å². The Balaban J connectivity index is 4.30. The second kappa shape index (κ2) is 10.8. The number of carbonyl (C=O) groups is 2. The predicted octanol–water partition coefficient (Wildman–Crippen LogP) is 0.195. The maximum Gasteiger partial charge on any atom is 0.323 e. The smallest absolute Gasteiger partial charge is 0.323 e. The maximum atomic E-state index is 11.8. The molecule has 0 rings (SSSR count). The molecule has 19 heavy (non-hydrogen) atoms. The Morgan fingerprint density at radius 1 is 1.32 bits per heavy atom. The van der Waals surface area contributed by atoms with E-state index in [4.69, 9.17) is 9.84 Å². The number of rotatable bonds is 10. The lowest BCUT2D eigenvalue weighted by Crippen LogP contribution is -2.44. The first-order valence-corrected chi connectivity index (χ1v) is 6.85. The molecule has 0 aliphatic carbocycles. The van der Waals surface area contributed by atoms with Crippen LogP contribution in [0.15, 0.2) is 0 Å². The van der Waals surface area contributed by atoms with Gasteiger partial charge in [0.05, 0.1) is 13.0 Å². The zero-order valence-corrected chi connectivity index (χ0v) is 12.1. The van der Waals surface area contributed by atoms with Crippen LogP contribution >= 0.6 is 0 Å². The van der Waals surface area contributed by atoms with Gasteiger partial charge in [-0.2, -0.15) is 0 Å². The van der Waals surface area contributed by atoms with Crippen LogP contribution in [-0.2, 0) is 14.3 Å². The van der Waals surface area contributed by atoms with Gasteiger partial charge in [-0.3, -0.25) is 9.59 Å². The number of carbonyl (C=O) groups excluding carboxylic acids is 2. The number of hydrogen-bond acceptors (Lipinski definition) is 5. The Morgan fingerprint density at radius 3 is 2.53 bits per heavy atom. The van der Waals surface area contributed by atoms with E-state index in [9.17, 15) is 9.59 Å². The Kier molecular flexibility index (Phi) is 10.1. The highest BCUT2D eigenvalue weighted by atomic mass is 16.5. The number of aliphatic hydroxyl groups excluding tert-OH is 1. The summed E-state index contributed by atoms with van der Waals surface area (Å²) in [5, 5.41) is 14.5. The van der Waals surface area contributed by atoms with Gasteiger partial charge in [0.15, 0.2) is 0 Å². The fourth-order valence-corrected chi connectivity index (χ4v) is 1.46. The van der Waals surface area contributed by atoms with E-state index < -0.39 is 12.0 Å². The molecule has 0 aromatic carbocycles. The molecule has 0 aliphatic rings. The van der Waals surface area contributed by atoms with Crippen LogP contribution in [0.3, 0.4) is 0 Å². The van der Waals surface area contributed by atoms with Crippen LogP contribution in [0, 0.1) is 0 Å². The number of hydrogen-bond donors (Lipinski definition) is 3. The summed E-state index contributed by atoms with van der Waals surface area (Å²) in [5.41, 5.74) is 0. The molecule has 0 saturated heterocycles. The number of aliphatic hydroxyl groups is 1. The van der Waals surface area contributed by atoms with E-state index in [-0.39, 0.29) is 31.6 Å². The van der Waals surface area contributed by atoms with Gasteiger partial charge in [0.1, 0.15) is 6.04 Å². The monoisotopic (exact) mass is 274 g/mol. The van der Waals surface area contributed by atoms with Gasteiger partial charge in [0, 0.05) is 12.6 Å². The van der Waals surface area contributed by atoms with Crippen LogP contribution in [0.2, 0.25) is 0 Å². The van der Waals surface area contributed by atoms with E-state index in [1.165, 1.54) is 0 Å². The summed E-state index contributed by atoms with van der Waals surface area (Å²) in [6, 6.07) is -0.566. The van der Waals surface area contributed by atoms with E-state index in [1.807, 2.05) is 13.8 Å². The van der Waals surface area contributed by atoms with Gasteiger partial charge in [-0.05, 0) is 33.2 Å². The summed E-state index contributed by atoms with van der Waals surface area (Å²) in [4.78, 5) is 23.5. The molecule has 0 aromatic rings. The predicted molar refractivity (Wildman–Crippen MR) is 72.6 cm³/mol. The summed E-state index contributed by atoms with van der Waals surface area (Å²) in [6.07, 6.45) is 1.42. The van der Waals surface area contributed by atoms with Crippen molar-refractivity contribution < 1.29 is 19.4 Å². The summed E-state index contributed by atoms with van der Waals surface area (Å²) < 4.78 is 4.92. The van der Waals surface area contributed by atoms with Gasteiger partial charge in [0.25, 0.3) is 0 Å². The molecular formula is C13H26N2O4. The molecular weight excluding hydrogens is 248 g/mol. The summed E-state index contributed by atoms with van der Waals surface area (Å²) >= 11 is 0. The molecule has 0 aromatic heterocycles. The van der Waals surface area contributed by atoms with Gasteiger partial charge >= 0.3 is 5.97 Å². The maximum absolute atomic E-state index is 11.8. The van der Waals surface area contributed by atoms with Crippen molar-refractivity contribution in [3.63, 3.8) is 0 Å². The van der Waals surface area contributed by atoms with Crippen molar-refractivity contribution in [2.75, 3.05) is 19.8 Å². The van der Waals surface area contributed by atoms with Crippen molar-refractivity contribution >= 4 is 11.9 Å². The zero-order valence-electron chi connectivity index (χ0n) is 12.1. The minimum absolute atomic E-state index is 0.0433. The minimum atomic E-state index is -0.657. The van der Waals surface area contributed by atoms with E-state index in [0.29, 0.717) is 13.0 Å². The molecule has 0 fully saturated rings. The molecule has 112 valence electrons. The Hall–Kier alpha value is -1.14. The van der Waals surface area contributed by atoms with E-state index in [2.05, 4.69) is 10.6 Å². The van der Waals surface area contributed by atoms with Crippen LogP contribution in [0.1, 0.15) is 40.0 Å². The first-order valence-electron chi connectivity index (χ1n) is 6.85. The molecule has 2 unspecified atom stereocenters. The largest absolute Gasteiger partial charge is 0.465 e. The molecule has 6 nitrogen and oxygen atoms in total. The fourth-order valence-electron chi connectivity index (χ4n) is 1.46. The second-order valence-electron chi connectivity index (χ2n) is 4.42. The lowest BCUT2D eigenvalue weighted by atomic mass is 10.1. The van der Waals surface area contributed by atoms with Gasteiger partial charge in [-0.25, -0.2) is 0 Å². The van der Waals surface area contributed by atoms with Gasteiger partial charge in [-0.1, -0.05) is 6.92 Å². The molecule has 1 amide bonds. The first-order chi connectivity index (χ1) is 9.04. The molecule has 0 spiro atoms. The van der Waals surface area contributed by atoms with Crippen LogP contribution in [0.5, 0.6) is 0 Å². The highest BCUT2D eigenvalue weighted by molar-refractivity contribution is 5.85. The third-order valence-corrected chi connectivity index (χ3v) is 2.71. The van der Waals surface area contributed by atoms with Crippen LogP contribution < -0.4 is 10.6 Å². The SMILES string of the molecule is CCOC(=O)C(CC(=O)NC(C)CC)NCCCO. The standard InChI is InChI=1S/C13H26N2O4/c1-4-10(3)15-12(17)9-11(13(18)19-5-2)14-7-6-8-16/h10-11,14,16H,4-9H2,1-3H3,(H,15,17). The average molecular weight is 274 g/mol. The molecule has 0 bridgehead atoms. The molecule has 2 atom stereocenters. The Bertz CT molecular complexity index is 271. The number of ether oxygens (including phenoxy) is 1. The van der Waals surface area contributed by atoms with Crippen molar-refractivity contribution in [2.24, 2.45) is 0 Å². The van der Waals surface area contributed by atoms with E-state index >= 15 is 0 Å². The van der Waals surface area contributed by atoms with Crippen LogP contribution in [0.4, 0.5) is 0 Å². The molecule has 0 radical (unpaired) electrons. The molecule has 3 N–H and O–H groups in total.